The molecule has 1 rings (SSSR count). The van der Waals surface area contributed by atoms with Crippen LogP contribution in [0.5, 0.6) is 0 Å². The molecule has 0 aliphatic heterocycles. The van der Waals surface area contributed by atoms with E-state index in [0.29, 0.717) is 6.54 Å². The molecule has 0 heterocycles. The summed E-state index contributed by atoms with van der Waals surface area (Å²) in [6.07, 6.45) is -3.42. The number of benzene rings is 1. The Morgan fingerprint density at radius 2 is 1.56 bits per heavy atom. The largest absolute Gasteiger partial charge is 0.416 e. The molecule has 0 fully saturated rings. The number of hydrogen-bond donors (Lipinski definition) is 1. The zero-order valence-electron chi connectivity index (χ0n) is 11.0. The third-order valence-electron chi connectivity index (χ3n) is 2.85. The van der Waals surface area contributed by atoms with Crippen LogP contribution in [0.3, 0.4) is 0 Å². The smallest absolute Gasteiger partial charge is 0.330 e. The van der Waals surface area contributed by atoms with Gasteiger partial charge in [0.1, 0.15) is 0 Å². The first-order valence-corrected chi connectivity index (χ1v) is 6.01. The van der Waals surface area contributed by atoms with Crippen molar-refractivity contribution in [1.29, 1.82) is 0 Å². The van der Waals surface area contributed by atoms with Crippen LogP contribution in [-0.4, -0.2) is 6.54 Å². The maximum Gasteiger partial charge on any atom is 0.416 e. The molecule has 1 unspecified atom stereocenters. The van der Waals surface area contributed by atoms with Crippen molar-refractivity contribution in [2.45, 2.75) is 39.3 Å². The molecule has 1 aromatic rings. The molecule has 0 radical (unpaired) electrons. The minimum Gasteiger partial charge on any atom is -0.330 e. The highest BCUT2D eigenvalue weighted by atomic mass is 19.4. The lowest BCUT2D eigenvalue weighted by Gasteiger charge is -2.25. The second kappa shape index (κ2) is 5.31. The molecule has 1 atom stereocenters. The highest BCUT2D eigenvalue weighted by Gasteiger charge is 2.30. The van der Waals surface area contributed by atoms with Gasteiger partial charge in [0.25, 0.3) is 0 Å². The van der Waals surface area contributed by atoms with E-state index in [2.05, 4.69) is 20.8 Å². The SMILES string of the molecule is CC(C)(C)CC(CN)c1ccc(C(F)(F)F)cc1. The van der Waals surface area contributed by atoms with Crippen molar-refractivity contribution >= 4 is 0 Å². The van der Waals surface area contributed by atoms with E-state index in [-0.39, 0.29) is 11.3 Å². The normalized spacial score (nSPS) is 14.6. The van der Waals surface area contributed by atoms with Gasteiger partial charge in [-0.3, -0.25) is 0 Å². The highest BCUT2D eigenvalue weighted by Crippen LogP contribution is 2.33. The van der Waals surface area contributed by atoms with Crippen molar-refractivity contribution < 1.29 is 13.2 Å². The first kappa shape index (κ1) is 15.0. The van der Waals surface area contributed by atoms with E-state index in [4.69, 9.17) is 5.73 Å². The Bertz CT molecular complexity index is 374. The fraction of sp³-hybridized carbons (Fsp3) is 0.571. The predicted molar refractivity (Wildman–Crippen MR) is 67.3 cm³/mol. The number of alkyl halides is 3. The Labute approximate surface area is 106 Å². The Kier molecular flexibility index (Phi) is 4.43. The van der Waals surface area contributed by atoms with Gasteiger partial charge in [0.05, 0.1) is 5.56 Å². The average Bonchev–Trinajstić information content (AvgIpc) is 2.24. The Hall–Kier alpha value is -1.03. The molecule has 0 saturated heterocycles. The predicted octanol–water partition coefficient (Wildman–Crippen LogP) is 4.18. The van der Waals surface area contributed by atoms with Crippen LogP contribution in [0.15, 0.2) is 24.3 Å². The molecule has 18 heavy (non-hydrogen) atoms. The number of hydrogen-bond acceptors (Lipinski definition) is 1. The number of halogens is 3. The molecule has 1 aromatic carbocycles. The van der Waals surface area contributed by atoms with Crippen LogP contribution in [0, 0.1) is 5.41 Å². The van der Waals surface area contributed by atoms with Gasteiger partial charge in [-0.2, -0.15) is 13.2 Å². The van der Waals surface area contributed by atoms with Gasteiger partial charge in [0.2, 0.25) is 0 Å². The Morgan fingerprint density at radius 3 is 1.89 bits per heavy atom. The van der Waals surface area contributed by atoms with Crippen molar-refractivity contribution in [2.75, 3.05) is 6.54 Å². The van der Waals surface area contributed by atoms with E-state index < -0.39 is 11.7 Å². The maximum absolute atomic E-state index is 12.4. The van der Waals surface area contributed by atoms with Crippen LogP contribution >= 0.6 is 0 Å². The number of nitrogens with two attached hydrogens (primary N) is 1. The summed E-state index contributed by atoms with van der Waals surface area (Å²) in [6.45, 7) is 6.74. The van der Waals surface area contributed by atoms with E-state index >= 15 is 0 Å². The van der Waals surface area contributed by atoms with E-state index in [9.17, 15) is 13.2 Å². The van der Waals surface area contributed by atoms with Gasteiger partial charge in [-0.15, -0.1) is 0 Å². The van der Waals surface area contributed by atoms with Crippen LogP contribution in [0.2, 0.25) is 0 Å². The second-order valence-corrected chi connectivity index (χ2v) is 5.82. The molecule has 0 aliphatic carbocycles. The lowest BCUT2D eigenvalue weighted by atomic mass is 9.81. The molecule has 0 amide bonds. The summed E-state index contributed by atoms with van der Waals surface area (Å²) in [5.74, 6) is 0.104. The van der Waals surface area contributed by atoms with Crippen LogP contribution in [0.1, 0.15) is 44.2 Å². The quantitative estimate of drug-likeness (QED) is 0.865. The van der Waals surface area contributed by atoms with E-state index in [1.54, 1.807) is 0 Å². The molecule has 4 heteroatoms. The van der Waals surface area contributed by atoms with Crippen molar-refractivity contribution in [3.63, 3.8) is 0 Å². The monoisotopic (exact) mass is 259 g/mol. The average molecular weight is 259 g/mol. The van der Waals surface area contributed by atoms with Gasteiger partial charge in [-0.05, 0) is 42.0 Å². The molecule has 0 aliphatic rings. The fourth-order valence-corrected chi connectivity index (χ4v) is 2.02. The fourth-order valence-electron chi connectivity index (χ4n) is 2.02. The Morgan fingerprint density at radius 1 is 1.06 bits per heavy atom. The molecule has 0 saturated carbocycles. The van der Waals surface area contributed by atoms with Crippen LogP contribution < -0.4 is 5.73 Å². The third kappa shape index (κ3) is 4.33. The Balaban J connectivity index is 2.89. The van der Waals surface area contributed by atoms with Crippen molar-refractivity contribution in [3.05, 3.63) is 35.4 Å². The van der Waals surface area contributed by atoms with Crippen molar-refractivity contribution in [2.24, 2.45) is 11.1 Å². The molecule has 1 nitrogen and oxygen atoms in total. The van der Waals surface area contributed by atoms with Gasteiger partial charge in [-0.1, -0.05) is 32.9 Å². The number of rotatable bonds is 3. The standard InChI is InChI=1S/C14H20F3N/c1-13(2,3)8-11(9-18)10-4-6-12(7-5-10)14(15,16)17/h4-7,11H,8-9,18H2,1-3H3. The topological polar surface area (TPSA) is 26.0 Å². The van der Waals surface area contributed by atoms with E-state index in [1.165, 1.54) is 12.1 Å². The van der Waals surface area contributed by atoms with Crippen molar-refractivity contribution in [1.82, 2.24) is 0 Å². The summed E-state index contributed by atoms with van der Waals surface area (Å²) >= 11 is 0. The summed E-state index contributed by atoms with van der Waals surface area (Å²) in [5, 5.41) is 0. The minimum atomic E-state index is -4.28. The minimum absolute atomic E-state index is 0.104. The molecule has 102 valence electrons. The van der Waals surface area contributed by atoms with Gasteiger partial charge in [0.15, 0.2) is 0 Å². The van der Waals surface area contributed by atoms with Gasteiger partial charge >= 0.3 is 6.18 Å². The van der Waals surface area contributed by atoms with Gasteiger partial charge in [-0.25, -0.2) is 0 Å². The molecular formula is C14H20F3N. The zero-order chi connectivity index (χ0) is 14.0. The molecule has 0 bridgehead atoms. The molecular weight excluding hydrogens is 239 g/mol. The summed E-state index contributed by atoms with van der Waals surface area (Å²) in [5.41, 5.74) is 6.08. The van der Waals surface area contributed by atoms with Gasteiger partial charge < -0.3 is 5.73 Å². The zero-order valence-corrected chi connectivity index (χ0v) is 11.0. The lowest BCUT2D eigenvalue weighted by Crippen LogP contribution is -2.19. The molecule has 0 aromatic heterocycles. The van der Waals surface area contributed by atoms with E-state index in [0.717, 1.165) is 24.1 Å². The first-order chi connectivity index (χ1) is 8.13. The van der Waals surface area contributed by atoms with Crippen LogP contribution in [-0.2, 0) is 6.18 Å². The van der Waals surface area contributed by atoms with Crippen molar-refractivity contribution in [3.8, 4) is 0 Å². The lowest BCUT2D eigenvalue weighted by molar-refractivity contribution is -0.137. The summed E-state index contributed by atoms with van der Waals surface area (Å²) in [4.78, 5) is 0. The van der Waals surface area contributed by atoms with Crippen LogP contribution in [0.4, 0.5) is 13.2 Å². The highest BCUT2D eigenvalue weighted by molar-refractivity contribution is 5.27. The van der Waals surface area contributed by atoms with Crippen LogP contribution in [0.25, 0.3) is 0 Å². The van der Waals surface area contributed by atoms with E-state index in [1.807, 2.05) is 0 Å². The third-order valence-corrected chi connectivity index (χ3v) is 2.85. The summed E-state index contributed by atoms with van der Waals surface area (Å²) < 4.78 is 37.3. The summed E-state index contributed by atoms with van der Waals surface area (Å²) in [7, 11) is 0. The maximum atomic E-state index is 12.4. The van der Waals surface area contributed by atoms with Gasteiger partial charge in [0, 0.05) is 0 Å². The second-order valence-electron chi connectivity index (χ2n) is 5.82. The molecule has 2 N–H and O–H groups in total. The summed E-state index contributed by atoms with van der Waals surface area (Å²) in [6, 6.07) is 5.32. The first-order valence-electron chi connectivity index (χ1n) is 6.01. The molecule has 0 spiro atoms.